The van der Waals surface area contributed by atoms with E-state index < -0.39 is 10.0 Å². The number of piperidine rings is 1. The highest BCUT2D eigenvalue weighted by atomic mass is 32.2. The van der Waals surface area contributed by atoms with E-state index in [4.69, 9.17) is 0 Å². The Labute approximate surface area is 116 Å². The highest BCUT2D eigenvalue weighted by molar-refractivity contribution is 7.91. The molecule has 0 spiro atoms. The summed E-state index contributed by atoms with van der Waals surface area (Å²) < 4.78 is 26.1. The Kier molecular flexibility index (Phi) is 4.92. The van der Waals surface area contributed by atoms with Gasteiger partial charge in [0.1, 0.15) is 4.21 Å². The van der Waals surface area contributed by atoms with Crippen LogP contribution in [-0.4, -0.2) is 40.0 Å². The number of rotatable bonds is 5. The molecule has 1 aliphatic rings. The summed E-state index contributed by atoms with van der Waals surface area (Å²) in [5.41, 5.74) is 0. The van der Waals surface area contributed by atoms with Gasteiger partial charge in [0, 0.05) is 12.6 Å². The van der Waals surface area contributed by atoms with E-state index >= 15 is 0 Å². The third kappa shape index (κ3) is 4.27. The van der Waals surface area contributed by atoms with Gasteiger partial charge >= 0.3 is 0 Å². The molecule has 0 unspecified atom stereocenters. The number of carbonyl (C=O) groups is 1. The molecular weight excluding hydrogens is 286 g/mol. The molecule has 1 atom stereocenters. The zero-order valence-electron chi connectivity index (χ0n) is 10.4. The van der Waals surface area contributed by atoms with Gasteiger partial charge in [0.25, 0.3) is 10.0 Å². The molecule has 1 amide bonds. The lowest BCUT2D eigenvalue weighted by atomic mass is 10.1. The largest absolute Gasteiger partial charge is 0.351 e. The summed E-state index contributed by atoms with van der Waals surface area (Å²) in [4.78, 5) is 11.7. The van der Waals surface area contributed by atoms with Gasteiger partial charge in [-0.25, -0.2) is 13.1 Å². The summed E-state index contributed by atoms with van der Waals surface area (Å²) in [5.74, 6) is -0.297. The summed E-state index contributed by atoms with van der Waals surface area (Å²) in [5, 5.41) is 7.68. The maximum Gasteiger partial charge on any atom is 0.250 e. The fraction of sp³-hybridized carbons (Fsp3) is 0.545. The Balaban J connectivity index is 1.80. The number of thiophene rings is 1. The number of hydrogen-bond donors (Lipinski definition) is 3. The van der Waals surface area contributed by atoms with Crippen molar-refractivity contribution in [2.24, 2.45) is 0 Å². The Morgan fingerprint density at radius 1 is 1.53 bits per heavy atom. The van der Waals surface area contributed by atoms with Crippen molar-refractivity contribution in [3.63, 3.8) is 0 Å². The predicted octanol–water partition coefficient (Wildman–Crippen LogP) is -0.105. The highest BCUT2D eigenvalue weighted by Crippen LogP contribution is 2.14. The van der Waals surface area contributed by atoms with E-state index in [1.54, 1.807) is 11.4 Å². The quantitative estimate of drug-likeness (QED) is 0.708. The molecule has 1 saturated heterocycles. The van der Waals surface area contributed by atoms with E-state index in [0.717, 1.165) is 37.3 Å². The number of sulfonamides is 1. The molecule has 8 heteroatoms. The van der Waals surface area contributed by atoms with Gasteiger partial charge in [-0.2, -0.15) is 0 Å². The molecule has 2 heterocycles. The normalized spacial score (nSPS) is 20.1. The van der Waals surface area contributed by atoms with Crippen molar-refractivity contribution < 1.29 is 13.2 Å². The Morgan fingerprint density at radius 3 is 3.00 bits per heavy atom. The van der Waals surface area contributed by atoms with Crippen molar-refractivity contribution in [1.29, 1.82) is 0 Å². The first-order valence-electron chi connectivity index (χ1n) is 6.11. The van der Waals surface area contributed by atoms with Crippen molar-refractivity contribution in [2.45, 2.75) is 23.1 Å². The monoisotopic (exact) mass is 303 g/mol. The minimum absolute atomic E-state index is 0.0903. The molecule has 106 valence electrons. The second kappa shape index (κ2) is 6.47. The van der Waals surface area contributed by atoms with Gasteiger partial charge in [-0.05, 0) is 30.8 Å². The minimum Gasteiger partial charge on any atom is -0.351 e. The first-order chi connectivity index (χ1) is 9.08. The standard InChI is InChI=1S/C11H17N3O3S2/c15-10(14-9-3-1-5-12-7-9)8-13-19(16,17)11-4-2-6-18-11/h2,4,6,9,12-13H,1,3,5,7-8H2,(H,14,15)/t9-/m0/s1. The van der Waals surface area contributed by atoms with Crippen LogP contribution in [0.4, 0.5) is 0 Å². The molecule has 0 saturated carbocycles. The van der Waals surface area contributed by atoms with Crippen LogP contribution in [0.15, 0.2) is 21.7 Å². The molecule has 6 nitrogen and oxygen atoms in total. The molecule has 3 N–H and O–H groups in total. The van der Waals surface area contributed by atoms with Crippen LogP contribution in [0.25, 0.3) is 0 Å². The van der Waals surface area contributed by atoms with Gasteiger partial charge in [0.15, 0.2) is 0 Å². The third-order valence-electron chi connectivity index (χ3n) is 2.84. The predicted molar refractivity (Wildman–Crippen MR) is 73.5 cm³/mol. The smallest absolute Gasteiger partial charge is 0.250 e. The van der Waals surface area contributed by atoms with E-state index in [-0.39, 0.29) is 22.7 Å². The number of amides is 1. The molecule has 0 aliphatic carbocycles. The van der Waals surface area contributed by atoms with E-state index in [1.807, 2.05) is 0 Å². The number of hydrogen-bond acceptors (Lipinski definition) is 5. The first-order valence-corrected chi connectivity index (χ1v) is 8.47. The molecule has 0 radical (unpaired) electrons. The van der Waals surface area contributed by atoms with Gasteiger partial charge in [0.2, 0.25) is 5.91 Å². The average Bonchev–Trinajstić information content (AvgIpc) is 2.92. The molecule has 19 heavy (non-hydrogen) atoms. The summed E-state index contributed by atoms with van der Waals surface area (Å²) in [6.07, 6.45) is 1.95. The molecule has 0 aromatic carbocycles. The third-order valence-corrected chi connectivity index (χ3v) is 5.64. The van der Waals surface area contributed by atoms with Gasteiger partial charge in [-0.3, -0.25) is 4.79 Å². The summed E-state index contributed by atoms with van der Waals surface area (Å²) >= 11 is 1.13. The van der Waals surface area contributed by atoms with Crippen molar-refractivity contribution in [1.82, 2.24) is 15.4 Å². The van der Waals surface area contributed by atoms with Crippen LogP contribution in [0.2, 0.25) is 0 Å². The lowest BCUT2D eigenvalue weighted by Gasteiger charge is -2.23. The van der Waals surface area contributed by atoms with E-state index in [1.165, 1.54) is 6.07 Å². The Hall–Kier alpha value is -0.960. The van der Waals surface area contributed by atoms with Crippen LogP contribution in [0, 0.1) is 0 Å². The van der Waals surface area contributed by atoms with Crippen molar-refractivity contribution in [3.05, 3.63) is 17.5 Å². The highest BCUT2D eigenvalue weighted by Gasteiger charge is 2.19. The molecule has 2 rings (SSSR count). The van der Waals surface area contributed by atoms with Crippen LogP contribution >= 0.6 is 11.3 Å². The van der Waals surface area contributed by atoms with Crippen LogP contribution in [0.5, 0.6) is 0 Å². The van der Waals surface area contributed by atoms with Crippen LogP contribution in [0.3, 0.4) is 0 Å². The average molecular weight is 303 g/mol. The Bertz CT molecular complexity index is 507. The SMILES string of the molecule is O=C(CNS(=O)(=O)c1cccs1)N[C@H]1CCCNC1. The summed E-state index contributed by atoms with van der Waals surface area (Å²) in [6.45, 7) is 1.48. The first kappa shape index (κ1) is 14.4. The van der Waals surface area contributed by atoms with Gasteiger partial charge in [-0.1, -0.05) is 6.07 Å². The van der Waals surface area contributed by atoms with Gasteiger partial charge in [-0.15, -0.1) is 11.3 Å². The molecule has 0 bridgehead atoms. The number of nitrogens with one attached hydrogen (secondary N) is 3. The van der Waals surface area contributed by atoms with Gasteiger partial charge < -0.3 is 10.6 Å². The fourth-order valence-corrected chi connectivity index (χ4v) is 3.92. The molecular formula is C11H17N3O3S2. The van der Waals surface area contributed by atoms with Crippen LogP contribution in [-0.2, 0) is 14.8 Å². The van der Waals surface area contributed by atoms with E-state index in [2.05, 4.69) is 15.4 Å². The maximum atomic E-state index is 11.8. The van der Waals surface area contributed by atoms with E-state index in [0.29, 0.717) is 0 Å². The fourth-order valence-electron chi connectivity index (χ4n) is 1.90. The maximum absolute atomic E-state index is 11.8. The van der Waals surface area contributed by atoms with Crippen molar-refractivity contribution >= 4 is 27.3 Å². The van der Waals surface area contributed by atoms with Crippen molar-refractivity contribution in [2.75, 3.05) is 19.6 Å². The van der Waals surface area contributed by atoms with E-state index in [9.17, 15) is 13.2 Å². The van der Waals surface area contributed by atoms with Crippen LogP contribution < -0.4 is 15.4 Å². The van der Waals surface area contributed by atoms with Crippen molar-refractivity contribution in [3.8, 4) is 0 Å². The minimum atomic E-state index is -3.56. The zero-order valence-corrected chi connectivity index (χ0v) is 12.0. The lowest BCUT2D eigenvalue weighted by Crippen LogP contribution is -2.48. The second-order valence-electron chi connectivity index (χ2n) is 4.37. The van der Waals surface area contributed by atoms with Gasteiger partial charge in [0.05, 0.1) is 6.54 Å². The Morgan fingerprint density at radius 2 is 2.37 bits per heavy atom. The second-order valence-corrected chi connectivity index (χ2v) is 7.31. The molecule has 1 aromatic rings. The molecule has 1 aliphatic heterocycles. The zero-order chi connectivity index (χ0) is 13.7. The molecule has 1 aromatic heterocycles. The molecule has 1 fully saturated rings. The summed E-state index contributed by atoms with van der Waals surface area (Å²) in [7, 11) is -3.56. The topological polar surface area (TPSA) is 87.3 Å². The number of carbonyl (C=O) groups excluding carboxylic acids is 1. The summed E-state index contributed by atoms with van der Waals surface area (Å²) in [6, 6.07) is 3.26. The van der Waals surface area contributed by atoms with Crippen LogP contribution in [0.1, 0.15) is 12.8 Å². The lowest BCUT2D eigenvalue weighted by molar-refractivity contribution is -0.120.